The average molecular weight is 317 g/mol. The first-order valence-electron chi connectivity index (χ1n) is 6.39. The molecule has 2 aromatic rings. The second kappa shape index (κ2) is 6.15. The molecule has 6 heteroatoms. The molecule has 0 amide bonds. The average Bonchev–Trinajstić information content (AvgIpc) is 2.69. The van der Waals surface area contributed by atoms with Gasteiger partial charge in [-0.1, -0.05) is 6.07 Å². The van der Waals surface area contributed by atoms with Crippen molar-refractivity contribution in [2.24, 2.45) is 0 Å². The van der Waals surface area contributed by atoms with Crippen molar-refractivity contribution in [1.82, 2.24) is 5.32 Å². The maximum atomic E-state index is 13.2. The van der Waals surface area contributed by atoms with Gasteiger partial charge < -0.3 is 5.32 Å². The predicted octanol–water partition coefficient (Wildman–Crippen LogP) is 4.81. The van der Waals surface area contributed by atoms with E-state index in [1.165, 1.54) is 16.5 Å². The summed E-state index contributed by atoms with van der Waals surface area (Å²) in [6.45, 7) is 4.89. The minimum atomic E-state index is -4.66. The molecule has 0 aliphatic rings. The third-order valence-corrected chi connectivity index (χ3v) is 4.33. The number of hydrogen-bond acceptors (Lipinski definition) is 2. The second-order valence-electron chi connectivity index (χ2n) is 4.87. The summed E-state index contributed by atoms with van der Waals surface area (Å²) >= 11 is 1.66. The number of halogens is 4. The fourth-order valence-electron chi connectivity index (χ4n) is 1.97. The highest BCUT2D eigenvalue weighted by molar-refractivity contribution is 7.12. The molecule has 0 saturated heterocycles. The minimum Gasteiger partial charge on any atom is -0.308 e. The van der Waals surface area contributed by atoms with Crippen molar-refractivity contribution in [3.8, 4) is 0 Å². The van der Waals surface area contributed by atoms with E-state index in [9.17, 15) is 17.6 Å². The molecule has 0 unspecified atom stereocenters. The molecule has 1 heterocycles. The van der Waals surface area contributed by atoms with Crippen LogP contribution < -0.4 is 5.32 Å². The molecule has 2 rings (SSSR count). The van der Waals surface area contributed by atoms with E-state index in [1.54, 1.807) is 11.3 Å². The molecule has 1 aromatic heterocycles. The summed E-state index contributed by atoms with van der Waals surface area (Å²) < 4.78 is 51.0. The van der Waals surface area contributed by atoms with E-state index in [1.807, 2.05) is 13.8 Å². The molecule has 1 aromatic carbocycles. The van der Waals surface area contributed by atoms with E-state index in [0.29, 0.717) is 12.1 Å². The highest BCUT2D eigenvalue weighted by Crippen LogP contribution is 2.31. The Hall–Kier alpha value is -1.40. The Morgan fingerprint density at radius 3 is 2.38 bits per heavy atom. The second-order valence-corrected chi connectivity index (χ2v) is 6.21. The number of rotatable bonds is 4. The summed E-state index contributed by atoms with van der Waals surface area (Å²) in [5.74, 6) is -1.24. The van der Waals surface area contributed by atoms with Crippen molar-refractivity contribution in [1.29, 1.82) is 0 Å². The molecular weight excluding hydrogens is 302 g/mol. The van der Waals surface area contributed by atoms with E-state index in [0.717, 1.165) is 17.0 Å². The Morgan fingerprint density at radius 1 is 1.10 bits per heavy atom. The van der Waals surface area contributed by atoms with Gasteiger partial charge in [-0.05, 0) is 43.2 Å². The molecule has 0 aliphatic heterocycles. The van der Waals surface area contributed by atoms with Crippen molar-refractivity contribution < 1.29 is 17.6 Å². The van der Waals surface area contributed by atoms with Crippen LogP contribution in [0.5, 0.6) is 0 Å². The SMILES string of the molecule is Cc1cc(CNCc2ccc(F)c(C(F)(F)F)c2)sc1C. The van der Waals surface area contributed by atoms with Crippen molar-refractivity contribution >= 4 is 11.3 Å². The first kappa shape index (κ1) is 16.0. The molecule has 1 nitrogen and oxygen atoms in total. The summed E-state index contributed by atoms with van der Waals surface area (Å²) in [5.41, 5.74) is 0.399. The molecule has 0 radical (unpaired) electrons. The zero-order valence-corrected chi connectivity index (χ0v) is 12.5. The van der Waals surface area contributed by atoms with Crippen molar-refractivity contribution in [3.05, 3.63) is 56.5 Å². The van der Waals surface area contributed by atoms with Crippen LogP contribution in [-0.2, 0) is 19.3 Å². The molecule has 1 N–H and O–H groups in total. The van der Waals surface area contributed by atoms with Crippen LogP contribution in [0, 0.1) is 19.7 Å². The highest BCUT2D eigenvalue weighted by atomic mass is 32.1. The molecule has 0 atom stereocenters. The normalized spacial score (nSPS) is 11.9. The predicted molar refractivity (Wildman–Crippen MR) is 75.7 cm³/mol. The van der Waals surface area contributed by atoms with Crippen LogP contribution in [0.2, 0.25) is 0 Å². The zero-order chi connectivity index (χ0) is 15.6. The molecule has 114 valence electrons. The van der Waals surface area contributed by atoms with E-state index >= 15 is 0 Å². The van der Waals surface area contributed by atoms with E-state index in [4.69, 9.17) is 0 Å². The van der Waals surface area contributed by atoms with Gasteiger partial charge >= 0.3 is 6.18 Å². The number of hydrogen-bond donors (Lipinski definition) is 1. The van der Waals surface area contributed by atoms with Gasteiger partial charge in [-0.2, -0.15) is 13.2 Å². The van der Waals surface area contributed by atoms with Gasteiger partial charge in [-0.15, -0.1) is 11.3 Å². The number of thiophene rings is 1. The maximum Gasteiger partial charge on any atom is 0.419 e. The fourth-order valence-corrected chi connectivity index (χ4v) is 2.99. The third kappa shape index (κ3) is 4.04. The molecule has 0 fully saturated rings. The molecular formula is C15H15F4NS. The van der Waals surface area contributed by atoms with Crippen LogP contribution in [0.1, 0.15) is 26.4 Å². The van der Waals surface area contributed by atoms with Crippen molar-refractivity contribution in [2.45, 2.75) is 33.1 Å². The summed E-state index contributed by atoms with van der Waals surface area (Å²) in [4.78, 5) is 2.36. The van der Waals surface area contributed by atoms with Gasteiger partial charge in [-0.3, -0.25) is 0 Å². The monoisotopic (exact) mass is 317 g/mol. The van der Waals surface area contributed by atoms with Gasteiger partial charge in [0.25, 0.3) is 0 Å². The van der Waals surface area contributed by atoms with Gasteiger partial charge in [0.1, 0.15) is 5.82 Å². The molecule has 0 aliphatic carbocycles. The lowest BCUT2D eigenvalue weighted by Gasteiger charge is -2.10. The maximum absolute atomic E-state index is 13.2. The quantitative estimate of drug-likeness (QED) is 0.798. The summed E-state index contributed by atoms with van der Waals surface area (Å²) in [7, 11) is 0. The topological polar surface area (TPSA) is 12.0 Å². The van der Waals surface area contributed by atoms with E-state index in [2.05, 4.69) is 11.4 Å². The lowest BCUT2D eigenvalue weighted by atomic mass is 10.1. The van der Waals surface area contributed by atoms with Gasteiger partial charge in [-0.25, -0.2) is 4.39 Å². The number of aryl methyl sites for hydroxylation is 2. The van der Waals surface area contributed by atoms with Crippen LogP contribution >= 0.6 is 11.3 Å². The van der Waals surface area contributed by atoms with Crippen LogP contribution in [0.25, 0.3) is 0 Å². The molecule has 0 bridgehead atoms. The van der Waals surface area contributed by atoms with Gasteiger partial charge in [0.05, 0.1) is 5.56 Å². The van der Waals surface area contributed by atoms with E-state index in [-0.39, 0.29) is 6.54 Å². The summed E-state index contributed by atoms with van der Waals surface area (Å²) in [6.07, 6.45) is -4.66. The van der Waals surface area contributed by atoms with Crippen LogP contribution in [0.4, 0.5) is 17.6 Å². The first-order valence-corrected chi connectivity index (χ1v) is 7.21. The van der Waals surface area contributed by atoms with Gasteiger partial charge in [0.2, 0.25) is 0 Å². The highest BCUT2D eigenvalue weighted by Gasteiger charge is 2.34. The standard InChI is InChI=1S/C15H15F4NS/c1-9-5-12(21-10(9)2)8-20-7-11-3-4-14(16)13(6-11)15(17,18)19/h3-6,20H,7-8H2,1-2H3. The van der Waals surface area contributed by atoms with E-state index < -0.39 is 17.6 Å². The smallest absolute Gasteiger partial charge is 0.308 e. The fraction of sp³-hybridized carbons (Fsp3) is 0.333. The van der Waals surface area contributed by atoms with Crippen molar-refractivity contribution in [2.75, 3.05) is 0 Å². The van der Waals surface area contributed by atoms with Crippen molar-refractivity contribution in [3.63, 3.8) is 0 Å². The zero-order valence-electron chi connectivity index (χ0n) is 11.6. The first-order chi connectivity index (χ1) is 9.77. The van der Waals surface area contributed by atoms with Crippen LogP contribution in [0.3, 0.4) is 0 Å². The molecule has 0 saturated carbocycles. The largest absolute Gasteiger partial charge is 0.419 e. The Kier molecular flexibility index (Phi) is 4.68. The Bertz CT molecular complexity index is 612. The Balaban J connectivity index is 2.00. The molecule has 21 heavy (non-hydrogen) atoms. The minimum absolute atomic E-state index is 0.263. The molecule has 0 spiro atoms. The third-order valence-electron chi connectivity index (χ3n) is 3.18. The lowest BCUT2D eigenvalue weighted by molar-refractivity contribution is -0.140. The lowest BCUT2D eigenvalue weighted by Crippen LogP contribution is -2.14. The van der Waals surface area contributed by atoms with Gasteiger partial charge in [0.15, 0.2) is 0 Å². The van der Waals surface area contributed by atoms with Crippen LogP contribution in [0.15, 0.2) is 24.3 Å². The van der Waals surface area contributed by atoms with Crippen LogP contribution in [-0.4, -0.2) is 0 Å². The number of alkyl halides is 3. The Morgan fingerprint density at radius 2 is 1.81 bits per heavy atom. The summed E-state index contributed by atoms with van der Waals surface area (Å²) in [6, 6.07) is 5.13. The van der Waals surface area contributed by atoms with Gasteiger partial charge in [0, 0.05) is 22.8 Å². The number of benzene rings is 1. The number of nitrogens with one attached hydrogen (secondary N) is 1. The Labute approximate surface area is 124 Å². The summed E-state index contributed by atoms with van der Waals surface area (Å²) in [5, 5.41) is 3.08.